The summed E-state index contributed by atoms with van der Waals surface area (Å²) in [6, 6.07) is 10.9. The number of aryl methyl sites for hydroxylation is 1. The molecule has 1 aromatic carbocycles. The molecule has 0 saturated carbocycles. The third kappa shape index (κ3) is 3.11. The Bertz CT molecular complexity index is 1010. The average molecular weight is 374 g/mol. The van der Waals surface area contributed by atoms with Crippen molar-refractivity contribution in [2.24, 2.45) is 0 Å². The van der Waals surface area contributed by atoms with Crippen molar-refractivity contribution in [1.29, 1.82) is 0 Å². The van der Waals surface area contributed by atoms with Crippen LogP contribution in [-0.2, 0) is 21.8 Å². The Kier molecular flexibility index (Phi) is 5.09. The normalized spacial score (nSPS) is 11.9. The fraction of sp³-hybridized carbons (Fsp3) is 0.316. The minimum absolute atomic E-state index is 0.365. The summed E-state index contributed by atoms with van der Waals surface area (Å²) in [6.07, 6.45) is 0. The minimum Gasteiger partial charge on any atom is -0.348 e. The van der Waals surface area contributed by atoms with E-state index in [1.807, 2.05) is 31.2 Å². The zero-order valence-corrected chi connectivity index (χ0v) is 15.9. The molecule has 0 aliphatic rings. The number of pyridine rings is 1. The second kappa shape index (κ2) is 7.15. The molecular formula is C19H20ClN3O3. The number of hydrogen-bond acceptors (Lipinski definition) is 5. The van der Waals surface area contributed by atoms with Crippen LogP contribution < -0.4 is 5.69 Å². The van der Waals surface area contributed by atoms with Crippen molar-refractivity contribution < 1.29 is 9.47 Å². The van der Waals surface area contributed by atoms with E-state index in [9.17, 15) is 4.79 Å². The summed E-state index contributed by atoms with van der Waals surface area (Å²) in [5.74, 6) is -1.01. The summed E-state index contributed by atoms with van der Waals surface area (Å²) in [5.41, 5.74) is 2.04. The van der Waals surface area contributed by atoms with E-state index in [1.54, 1.807) is 33.3 Å². The van der Waals surface area contributed by atoms with Crippen molar-refractivity contribution >= 4 is 22.6 Å². The topological polar surface area (TPSA) is 66.2 Å². The third-order valence-corrected chi connectivity index (χ3v) is 4.72. The zero-order chi connectivity index (χ0) is 18.9. The molecule has 0 bridgehead atoms. The Morgan fingerprint density at radius 3 is 2.50 bits per heavy atom. The monoisotopic (exact) mass is 373 g/mol. The maximum absolute atomic E-state index is 12.6. The van der Waals surface area contributed by atoms with Gasteiger partial charge in [-0.1, -0.05) is 23.7 Å². The Morgan fingerprint density at radius 1 is 1.15 bits per heavy atom. The lowest BCUT2D eigenvalue weighted by atomic mass is 10.1. The maximum Gasteiger partial charge on any atom is 0.349 e. The predicted octanol–water partition coefficient (Wildman–Crippen LogP) is 3.60. The number of methoxy groups -OCH3 is 2. The number of fused-ring (bicyclic) bond motifs is 1. The number of rotatable bonds is 5. The summed E-state index contributed by atoms with van der Waals surface area (Å²) in [6.45, 7) is 4.10. The molecule has 6 nitrogen and oxygen atoms in total. The fourth-order valence-electron chi connectivity index (χ4n) is 2.83. The Morgan fingerprint density at radius 2 is 1.88 bits per heavy atom. The number of hydrogen-bond donors (Lipinski definition) is 0. The summed E-state index contributed by atoms with van der Waals surface area (Å²) < 4.78 is 12.4. The van der Waals surface area contributed by atoms with Gasteiger partial charge in [0.05, 0.1) is 5.69 Å². The zero-order valence-electron chi connectivity index (χ0n) is 15.1. The van der Waals surface area contributed by atoms with Gasteiger partial charge in [-0.3, -0.25) is 4.57 Å². The van der Waals surface area contributed by atoms with E-state index in [1.165, 1.54) is 4.57 Å². The first kappa shape index (κ1) is 18.5. The molecule has 136 valence electrons. The molecule has 0 N–H and O–H groups in total. The number of ether oxygens (including phenoxy) is 2. The van der Waals surface area contributed by atoms with Crippen LogP contribution in [0.25, 0.3) is 22.3 Å². The van der Waals surface area contributed by atoms with E-state index in [4.69, 9.17) is 21.1 Å². The summed E-state index contributed by atoms with van der Waals surface area (Å²) in [7, 11) is 3.10. The van der Waals surface area contributed by atoms with Crippen molar-refractivity contribution in [1.82, 2.24) is 14.5 Å². The average Bonchev–Trinajstić information content (AvgIpc) is 2.66. The highest BCUT2D eigenvalue weighted by Gasteiger charge is 2.28. The molecule has 0 radical (unpaired) electrons. The van der Waals surface area contributed by atoms with Crippen LogP contribution in [0.15, 0.2) is 41.2 Å². The fourth-order valence-corrected chi connectivity index (χ4v) is 3.02. The number of nitrogens with zero attached hydrogens (tertiary/aromatic N) is 3. The van der Waals surface area contributed by atoms with Crippen molar-refractivity contribution in [3.8, 4) is 11.3 Å². The lowest BCUT2D eigenvalue weighted by Crippen LogP contribution is -2.29. The first-order chi connectivity index (χ1) is 12.4. The third-order valence-electron chi connectivity index (χ3n) is 4.48. The second-order valence-corrected chi connectivity index (χ2v) is 6.36. The molecule has 0 fully saturated rings. The lowest BCUT2D eigenvalue weighted by Gasteiger charge is -2.26. The van der Waals surface area contributed by atoms with Crippen molar-refractivity contribution in [3.63, 3.8) is 0 Å². The molecule has 7 heteroatoms. The Balaban J connectivity index is 2.35. The minimum atomic E-state index is -1.01. The molecule has 0 unspecified atom stereocenters. The van der Waals surface area contributed by atoms with E-state index < -0.39 is 5.79 Å². The first-order valence-corrected chi connectivity index (χ1v) is 8.59. The molecule has 26 heavy (non-hydrogen) atoms. The van der Waals surface area contributed by atoms with Gasteiger partial charge in [-0.2, -0.15) is 4.98 Å². The summed E-state index contributed by atoms with van der Waals surface area (Å²) in [4.78, 5) is 21.5. The van der Waals surface area contributed by atoms with Crippen LogP contribution in [0, 0.1) is 0 Å². The van der Waals surface area contributed by atoms with Crippen LogP contribution in [0.2, 0.25) is 5.02 Å². The number of aromatic nitrogens is 3. The van der Waals surface area contributed by atoms with Crippen LogP contribution in [0.1, 0.15) is 19.5 Å². The van der Waals surface area contributed by atoms with Gasteiger partial charge < -0.3 is 9.47 Å². The molecule has 0 amide bonds. The number of benzene rings is 1. The van der Waals surface area contributed by atoms with Gasteiger partial charge in [0.15, 0.2) is 0 Å². The van der Waals surface area contributed by atoms with Crippen LogP contribution in [0.5, 0.6) is 0 Å². The predicted molar refractivity (Wildman–Crippen MR) is 101 cm³/mol. The number of halogens is 1. The molecule has 0 atom stereocenters. The SMILES string of the molecule is CCn1c(=O)nc(-c2cccc(Cl)c2)c2ccc(C(C)(OC)OC)nc21. The van der Waals surface area contributed by atoms with Gasteiger partial charge in [0.2, 0.25) is 5.79 Å². The van der Waals surface area contributed by atoms with Gasteiger partial charge in [-0.05, 0) is 38.1 Å². The highest BCUT2D eigenvalue weighted by atomic mass is 35.5. The van der Waals surface area contributed by atoms with Gasteiger partial charge in [-0.15, -0.1) is 0 Å². The highest BCUT2D eigenvalue weighted by molar-refractivity contribution is 6.30. The van der Waals surface area contributed by atoms with E-state index in [-0.39, 0.29) is 5.69 Å². The quantitative estimate of drug-likeness (QED) is 0.639. The first-order valence-electron chi connectivity index (χ1n) is 8.21. The highest BCUT2D eigenvalue weighted by Crippen LogP contribution is 2.30. The smallest absolute Gasteiger partial charge is 0.348 e. The van der Waals surface area contributed by atoms with Crippen molar-refractivity contribution in [3.05, 3.63) is 57.6 Å². The van der Waals surface area contributed by atoms with Crippen molar-refractivity contribution in [2.75, 3.05) is 14.2 Å². The summed E-state index contributed by atoms with van der Waals surface area (Å²) in [5, 5.41) is 1.33. The Hall–Kier alpha value is -2.28. The van der Waals surface area contributed by atoms with Gasteiger partial charge >= 0.3 is 5.69 Å². The van der Waals surface area contributed by atoms with Gasteiger partial charge in [0, 0.05) is 36.7 Å². The van der Waals surface area contributed by atoms with E-state index in [0.29, 0.717) is 28.6 Å². The van der Waals surface area contributed by atoms with Crippen molar-refractivity contribution in [2.45, 2.75) is 26.2 Å². The maximum atomic E-state index is 12.6. The summed E-state index contributed by atoms with van der Waals surface area (Å²) >= 11 is 6.11. The molecule has 0 saturated heterocycles. The van der Waals surface area contributed by atoms with E-state index in [2.05, 4.69) is 9.97 Å². The van der Waals surface area contributed by atoms with E-state index in [0.717, 1.165) is 10.9 Å². The van der Waals surface area contributed by atoms with Crippen LogP contribution in [0.3, 0.4) is 0 Å². The molecule has 3 rings (SSSR count). The molecule has 2 heterocycles. The van der Waals surface area contributed by atoms with Gasteiger partial charge in [0.25, 0.3) is 0 Å². The molecule has 0 aliphatic heterocycles. The second-order valence-electron chi connectivity index (χ2n) is 5.92. The lowest BCUT2D eigenvalue weighted by molar-refractivity contribution is -0.204. The Labute approximate surface area is 156 Å². The molecular weight excluding hydrogens is 354 g/mol. The molecule has 3 aromatic rings. The molecule has 0 spiro atoms. The largest absolute Gasteiger partial charge is 0.349 e. The van der Waals surface area contributed by atoms with Crippen LogP contribution >= 0.6 is 11.6 Å². The molecule has 2 aromatic heterocycles. The van der Waals surface area contributed by atoms with Crippen LogP contribution in [0.4, 0.5) is 0 Å². The molecule has 0 aliphatic carbocycles. The van der Waals surface area contributed by atoms with Gasteiger partial charge in [0.1, 0.15) is 11.3 Å². The van der Waals surface area contributed by atoms with E-state index >= 15 is 0 Å². The standard InChI is InChI=1S/C19H20ClN3O3/c1-5-23-17-14(9-10-15(21-17)19(2,25-3)26-4)16(22-18(23)24)12-7-6-8-13(20)11-12/h6-11H,5H2,1-4H3. The van der Waals surface area contributed by atoms with Crippen LogP contribution in [-0.4, -0.2) is 28.8 Å². The van der Waals surface area contributed by atoms with Gasteiger partial charge in [-0.25, -0.2) is 9.78 Å².